The molecular formula is C20H24N4O2. The van der Waals surface area contributed by atoms with E-state index in [2.05, 4.69) is 16.9 Å². The topological polar surface area (TPSA) is 79.6 Å². The monoisotopic (exact) mass is 352 g/mol. The van der Waals surface area contributed by atoms with Gasteiger partial charge < -0.3 is 15.4 Å². The zero-order valence-corrected chi connectivity index (χ0v) is 14.8. The first-order valence-corrected chi connectivity index (χ1v) is 8.94. The number of ether oxygens (including phenoxy) is 1. The van der Waals surface area contributed by atoms with E-state index in [9.17, 15) is 4.79 Å². The van der Waals surface area contributed by atoms with Gasteiger partial charge >= 0.3 is 0 Å². The third kappa shape index (κ3) is 3.19. The maximum Gasteiger partial charge on any atom is 0.241 e. The average molecular weight is 352 g/mol. The number of nitrogens with two attached hydrogens (primary N) is 1. The van der Waals surface area contributed by atoms with Crippen molar-refractivity contribution in [3.05, 3.63) is 65.7 Å². The number of nitrogens with one attached hydrogen (secondary N) is 2. The summed E-state index contributed by atoms with van der Waals surface area (Å²) in [4.78, 5) is 14.8. The number of hydrogen-bond donors (Lipinski definition) is 3. The van der Waals surface area contributed by atoms with Gasteiger partial charge in [-0.1, -0.05) is 48.5 Å². The Morgan fingerprint density at radius 3 is 2.65 bits per heavy atom. The fourth-order valence-electron chi connectivity index (χ4n) is 3.85. The fourth-order valence-corrected chi connectivity index (χ4v) is 3.85. The summed E-state index contributed by atoms with van der Waals surface area (Å²) < 4.78 is 5.97. The lowest BCUT2D eigenvalue weighted by molar-refractivity contribution is -0.133. The molecule has 26 heavy (non-hydrogen) atoms. The molecule has 0 aromatic heterocycles. The largest absolute Gasteiger partial charge is 0.488 e. The predicted molar refractivity (Wildman–Crippen MR) is 99.4 cm³/mol. The van der Waals surface area contributed by atoms with Crippen molar-refractivity contribution in [2.24, 2.45) is 5.73 Å². The van der Waals surface area contributed by atoms with Gasteiger partial charge in [0, 0.05) is 19.4 Å². The van der Waals surface area contributed by atoms with Gasteiger partial charge in [-0.05, 0) is 17.2 Å². The zero-order chi connectivity index (χ0) is 18.1. The van der Waals surface area contributed by atoms with Crippen molar-refractivity contribution < 1.29 is 9.53 Å². The number of nitrogens with zero attached hydrogens (tertiary/aromatic N) is 1. The number of carbonyl (C=O) groups excluding carboxylic acids is 1. The highest BCUT2D eigenvalue weighted by Gasteiger charge is 2.41. The van der Waals surface area contributed by atoms with Crippen LogP contribution in [-0.4, -0.2) is 42.7 Å². The van der Waals surface area contributed by atoms with Gasteiger partial charge in [0.05, 0.1) is 12.7 Å². The lowest BCUT2D eigenvalue weighted by Crippen LogP contribution is -2.48. The first kappa shape index (κ1) is 17.0. The number of hydrazine groups is 1. The predicted octanol–water partition coefficient (Wildman–Crippen LogP) is 0.994. The number of carbonyl (C=O) groups is 1. The quantitative estimate of drug-likeness (QED) is 0.765. The highest BCUT2D eigenvalue weighted by atomic mass is 16.5. The lowest BCUT2D eigenvalue weighted by Gasteiger charge is -2.27. The van der Waals surface area contributed by atoms with E-state index < -0.39 is 6.04 Å². The standard InChI is InChI=1S/C20H24N4O2/c1-24(12-15-11-14-9-5-6-10-16(14)26-15)20(25)18-17(19(21)23-22-18)13-7-3-2-4-8-13/h2-10,15,17-19,22-23H,11-12,21H2,1H3. The summed E-state index contributed by atoms with van der Waals surface area (Å²) in [6.45, 7) is 0.544. The summed E-state index contributed by atoms with van der Waals surface area (Å²) in [5.74, 6) is 0.815. The summed E-state index contributed by atoms with van der Waals surface area (Å²) in [6.07, 6.45) is 0.498. The van der Waals surface area contributed by atoms with E-state index in [1.807, 2.05) is 55.6 Å². The Balaban J connectivity index is 1.43. The van der Waals surface area contributed by atoms with Crippen LogP contribution in [0.1, 0.15) is 17.0 Å². The Morgan fingerprint density at radius 2 is 1.88 bits per heavy atom. The zero-order valence-electron chi connectivity index (χ0n) is 14.8. The van der Waals surface area contributed by atoms with E-state index in [-0.39, 0.29) is 24.1 Å². The van der Waals surface area contributed by atoms with Crippen LogP contribution in [0.2, 0.25) is 0 Å². The second-order valence-electron chi connectivity index (χ2n) is 7.00. The van der Waals surface area contributed by atoms with Crippen LogP contribution in [0.5, 0.6) is 5.75 Å². The number of benzene rings is 2. The van der Waals surface area contributed by atoms with Gasteiger partial charge in [-0.25, -0.2) is 10.9 Å². The summed E-state index contributed by atoms with van der Waals surface area (Å²) in [5, 5.41) is 0. The molecule has 0 aliphatic carbocycles. The Hall–Kier alpha value is -2.41. The average Bonchev–Trinajstić information content (AvgIpc) is 3.24. The number of likely N-dealkylation sites (N-methyl/N-ethyl adjacent to an activating group) is 1. The molecule has 0 bridgehead atoms. The second kappa shape index (κ2) is 7.07. The Labute approximate surface area is 153 Å². The van der Waals surface area contributed by atoms with E-state index in [0.717, 1.165) is 17.7 Å². The molecule has 6 heteroatoms. The highest BCUT2D eigenvalue weighted by Crippen LogP contribution is 2.29. The van der Waals surface area contributed by atoms with Crippen molar-refractivity contribution in [1.82, 2.24) is 15.8 Å². The normalized spacial score (nSPS) is 27.0. The Morgan fingerprint density at radius 1 is 1.15 bits per heavy atom. The van der Waals surface area contributed by atoms with E-state index >= 15 is 0 Å². The number of para-hydroxylation sites is 1. The van der Waals surface area contributed by atoms with Crippen LogP contribution in [-0.2, 0) is 11.2 Å². The fraction of sp³-hybridized carbons (Fsp3) is 0.350. The molecular weight excluding hydrogens is 328 g/mol. The Kier molecular flexibility index (Phi) is 4.63. The highest BCUT2D eigenvalue weighted by molar-refractivity contribution is 5.83. The number of rotatable bonds is 4. The molecule has 2 aliphatic rings. The van der Waals surface area contributed by atoms with Crippen LogP contribution >= 0.6 is 0 Å². The first-order valence-electron chi connectivity index (χ1n) is 8.94. The number of fused-ring (bicyclic) bond motifs is 1. The van der Waals surface area contributed by atoms with Crippen molar-refractivity contribution in [2.75, 3.05) is 13.6 Å². The van der Waals surface area contributed by atoms with Gasteiger partial charge in [0.15, 0.2) is 0 Å². The number of amides is 1. The molecule has 2 heterocycles. The van der Waals surface area contributed by atoms with E-state index in [1.165, 1.54) is 5.56 Å². The van der Waals surface area contributed by atoms with Crippen LogP contribution in [0.4, 0.5) is 0 Å². The molecule has 2 aromatic rings. The van der Waals surface area contributed by atoms with Gasteiger partial charge in [-0.2, -0.15) is 0 Å². The molecule has 1 amide bonds. The number of hydrogen-bond acceptors (Lipinski definition) is 5. The molecule has 0 radical (unpaired) electrons. The molecule has 4 N–H and O–H groups in total. The van der Waals surface area contributed by atoms with Gasteiger partial charge in [-0.15, -0.1) is 0 Å². The molecule has 4 rings (SSSR count). The van der Waals surface area contributed by atoms with Crippen molar-refractivity contribution in [3.8, 4) is 5.75 Å². The van der Waals surface area contributed by atoms with Gasteiger partial charge in [0.1, 0.15) is 17.9 Å². The van der Waals surface area contributed by atoms with Crippen LogP contribution in [0.25, 0.3) is 0 Å². The summed E-state index contributed by atoms with van der Waals surface area (Å²) in [7, 11) is 1.82. The maximum atomic E-state index is 13.0. The minimum Gasteiger partial charge on any atom is -0.488 e. The molecule has 0 saturated carbocycles. The van der Waals surface area contributed by atoms with E-state index in [4.69, 9.17) is 10.5 Å². The van der Waals surface area contributed by atoms with Crippen molar-refractivity contribution in [1.29, 1.82) is 0 Å². The molecule has 4 atom stereocenters. The molecule has 4 unspecified atom stereocenters. The molecule has 1 fully saturated rings. The van der Waals surface area contributed by atoms with Crippen molar-refractivity contribution >= 4 is 5.91 Å². The van der Waals surface area contributed by atoms with Crippen molar-refractivity contribution in [3.63, 3.8) is 0 Å². The van der Waals surface area contributed by atoms with E-state index in [1.54, 1.807) is 4.90 Å². The molecule has 136 valence electrons. The summed E-state index contributed by atoms with van der Waals surface area (Å²) in [6, 6.07) is 17.5. The molecule has 2 aliphatic heterocycles. The molecule has 1 saturated heterocycles. The van der Waals surface area contributed by atoms with Crippen LogP contribution in [0, 0.1) is 0 Å². The van der Waals surface area contributed by atoms with Gasteiger partial charge in [-0.3, -0.25) is 4.79 Å². The summed E-state index contributed by atoms with van der Waals surface area (Å²) >= 11 is 0. The smallest absolute Gasteiger partial charge is 0.241 e. The third-order valence-electron chi connectivity index (χ3n) is 5.17. The molecule has 0 spiro atoms. The maximum absolute atomic E-state index is 13.0. The third-order valence-corrected chi connectivity index (χ3v) is 5.17. The minimum atomic E-state index is -0.402. The second-order valence-corrected chi connectivity index (χ2v) is 7.00. The van der Waals surface area contributed by atoms with Crippen LogP contribution in [0.15, 0.2) is 54.6 Å². The van der Waals surface area contributed by atoms with Gasteiger partial charge in [0.2, 0.25) is 5.91 Å². The lowest BCUT2D eigenvalue weighted by atomic mass is 9.90. The van der Waals surface area contributed by atoms with Crippen LogP contribution in [0.3, 0.4) is 0 Å². The summed E-state index contributed by atoms with van der Waals surface area (Å²) in [5.41, 5.74) is 14.5. The van der Waals surface area contributed by atoms with E-state index in [0.29, 0.717) is 6.54 Å². The van der Waals surface area contributed by atoms with Gasteiger partial charge in [0.25, 0.3) is 0 Å². The van der Waals surface area contributed by atoms with Crippen molar-refractivity contribution in [2.45, 2.75) is 30.7 Å². The molecule has 2 aromatic carbocycles. The Bertz CT molecular complexity index is 757. The minimum absolute atomic E-state index is 0.0128. The van der Waals surface area contributed by atoms with Crippen LogP contribution < -0.4 is 21.3 Å². The SMILES string of the molecule is CN(CC1Cc2ccccc2O1)C(=O)C1NNC(N)C1c1ccccc1. The molecule has 6 nitrogen and oxygen atoms in total. The first-order chi connectivity index (χ1) is 12.6.